The van der Waals surface area contributed by atoms with Gasteiger partial charge in [0.05, 0.1) is 7.11 Å². The Hall–Kier alpha value is -1.59. The van der Waals surface area contributed by atoms with Gasteiger partial charge in [-0.15, -0.1) is 0 Å². The number of halogens is 1. The van der Waals surface area contributed by atoms with Gasteiger partial charge in [-0.1, -0.05) is 11.6 Å². The van der Waals surface area contributed by atoms with Gasteiger partial charge in [0, 0.05) is 11.6 Å². The van der Waals surface area contributed by atoms with Crippen molar-refractivity contribution in [3.63, 3.8) is 0 Å². The highest BCUT2D eigenvalue weighted by atomic mass is 35.5. The third-order valence-electron chi connectivity index (χ3n) is 2.03. The first-order valence-corrected chi connectivity index (χ1v) is 5.61. The number of benzene rings is 1. The second kappa shape index (κ2) is 6.98. The molecule has 1 aromatic carbocycles. The number of esters is 1. The quantitative estimate of drug-likeness (QED) is 0.451. The summed E-state index contributed by atoms with van der Waals surface area (Å²) in [6.45, 7) is 2.04. The highest BCUT2D eigenvalue weighted by Gasteiger charge is 2.17. The van der Waals surface area contributed by atoms with Gasteiger partial charge in [0.15, 0.2) is 6.29 Å². The molecule has 5 nitrogen and oxygen atoms in total. The summed E-state index contributed by atoms with van der Waals surface area (Å²) in [6, 6.07) is 4.41. The van der Waals surface area contributed by atoms with Gasteiger partial charge in [-0.3, -0.25) is 4.79 Å². The number of carbonyl (C=O) groups excluding carboxylic acids is 2. The standard InChI is InChI=1S/C12H13ClO5/c1-3-17-11(7-14)18-10-5-4-8(13)6-9(10)12(15)16-2/h4-7,11H,3H2,1-2H3. The first kappa shape index (κ1) is 14.5. The summed E-state index contributed by atoms with van der Waals surface area (Å²) in [4.78, 5) is 22.2. The molecule has 0 aliphatic carbocycles. The molecule has 0 aliphatic heterocycles. The summed E-state index contributed by atoms with van der Waals surface area (Å²) in [5, 5.41) is 0.363. The Bertz CT molecular complexity index is 432. The molecule has 1 atom stereocenters. The van der Waals surface area contributed by atoms with Gasteiger partial charge in [-0.05, 0) is 25.1 Å². The minimum Gasteiger partial charge on any atom is -0.465 e. The van der Waals surface area contributed by atoms with Crippen molar-refractivity contribution in [2.45, 2.75) is 13.2 Å². The fourth-order valence-corrected chi connectivity index (χ4v) is 1.44. The van der Waals surface area contributed by atoms with Gasteiger partial charge in [-0.25, -0.2) is 4.79 Å². The van der Waals surface area contributed by atoms with Crippen molar-refractivity contribution in [1.82, 2.24) is 0 Å². The van der Waals surface area contributed by atoms with Crippen LogP contribution >= 0.6 is 11.6 Å². The van der Waals surface area contributed by atoms with Gasteiger partial charge in [0.1, 0.15) is 11.3 Å². The molecule has 1 unspecified atom stereocenters. The molecule has 0 aliphatic rings. The molecule has 18 heavy (non-hydrogen) atoms. The lowest BCUT2D eigenvalue weighted by Crippen LogP contribution is -2.23. The number of hydrogen-bond donors (Lipinski definition) is 0. The van der Waals surface area contributed by atoms with E-state index in [1.54, 1.807) is 6.92 Å². The van der Waals surface area contributed by atoms with Crippen LogP contribution in [-0.4, -0.2) is 32.3 Å². The Labute approximate surface area is 110 Å². The van der Waals surface area contributed by atoms with E-state index in [1.807, 2.05) is 0 Å². The van der Waals surface area contributed by atoms with Crippen LogP contribution in [0.3, 0.4) is 0 Å². The Morgan fingerprint density at radius 2 is 2.22 bits per heavy atom. The maximum Gasteiger partial charge on any atom is 0.341 e. The van der Waals surface area contributed by atoms with E-state index in [2.05, 4.69) is 4.74 Å². The predicted molar refractivity (Wildman–Crippen MR) is 64.9 cm³/mol. The van der Waals surface area contributed by atoms with E-state index >= 15 is 0 Å². The van der Waals surface area contributed by atoms with Crippen LogP contribution in [0.2, 0.25) is 5.02 Å². The molecule has 1 rings (SSSR count). The Balaban J connectivity index is 3.00. The van der Waals surface area contributed by atoms with Crippen molar-refractivity contribution in [3.05, 3.63) is 28.8 Å². The first-order valence-electron chi connectivity index (χ1n) is 5.23. The smallest absolute Gasteiger partial charge is 0.341 e. The number of aldehydes is 1. The predicted octanol–water partition coefficient (Wildman–Crippen LogP) is 2.07. The summed E-state index contributed by atoms with van der Waals surface area (Å²) in [5.41, 5.74) is 0.136. The summed E-state index contributed by atoms with van der Waals surface area (Å²) in [5.74, 6) is -0.426. The van der Waals surface area contributed by atoms with E-state index in [4.69, 9.17) is 21.1 Å². The summed E-state index contributed by atoms with van der Waals surface area (Å²) < 4.78 is 14.9. The molecule has 0 aromatic heterocycles. The van der Waals surface area contributed by atoms with Crippen LogP contribution < -0.4 is 4.74 Å². The lowest BCUT2D eigenvalue weighted by molar-refractivity contribution is -0.136. The summed E-state index contributed by atoms with van der Waals surface area (Å²) in [6.07, 6.45) is -0.571. The van der Waals surface area contributed by atoms with E-state index in [-0.39, 0.29) is 11.3 Å². The van der Waals surface area contributed by atoms with E-state index in [9.17, 15) is 9.59 Å². The van der Waals surface area contributed by atoms with Gasteiger partial charge in [0.2, 0.25) is 0 Å². The van der Waals surface area contributed by atoms with Crippen molar-refractivity contribution in [2.75, 3.05) is 13.7 Å². The molecule has 0 N–H and O–H groups in total. The second-order valence-electron chi connectivity index (χ2n) is 3.21. The molecule has 6 heteroatoms. The van der Waals surface area contributed by atoms with Gasteiger partial charge in [0.25, 0.3) is 6.29 Å². The summed E-state index contributed by atoms with van der Waals surface area (Å²) in [7, 11) is 1.24. The molecule has 0 amide bonds. The highest BCUT2D eigenvalue weighted by molar-refractivity contribution is 6.31. The van der Waals surface area contributed by atoms with Crippen LogP contribution in [0, 0.1) is 0 Å². The van der Waals surface area contributed by atoms with Crippen molar-refractivity contribution >= 4 is 23.9 Å². The van der Waals surface area contributed by atoms with Crippen LogP contribution in [0.5, 0.6) is 5.75 Å². The van der Waals surface area contributed by atoms with Crippen molar-refractivity contribution in [1.29, 1.82) is 0 Å². The number of ether oxygens (including phenoxy) is 3. The minimum atomic E-state index is -1.07. The Morgan fingerprint density at radius 3 is 2.78 bits per heavy atom. The zero-order valence-electron chi connectivity index (χ0n) is 10.0. The first-order chi connectivity index (χ1) is 8.62. The zero-order chi connectivity index (χ0) is 13.5. The third-order valence-corrected chi connectivity index (χ3v) is 2.27. The van der Waals surface area contributed by atoms with Crippen LogP contribution in [0.1, 0.15) is 17.3 Å². The van der Waals surface area contributed by atoms with Crippen LogP contribution in [-0.2, 0) is 14.3 Å². The molecule has 0 spiro atoms. The zero-order valence-corrected chi connectivity index (χ0v) is 10.8. The van der Waals surface area contributed by atoms with E-state index in [0.717, 1.165) is 0 Å². The minimum absolute atomic E-state index is 0.136. The van der Waals surface area contributed by atoms with E-state index < -0.39 is 12.3 Å². The molecule has 0 heterocycles. The van der Waals surface area contributed by atoms with Crippen molar-refractivity contribution in [2.24, 2.45) is 0 Å². The highest BCUT2D eigenvalue weighted by Crippen LogP contribution is 2.24. The Kier molecular flexibility index (Phi) is 5.61. The molecular weight excluding hydrogens is 260 g/mol. The number of carbonyl (C=O) groups is 2. The molecule has 0 radical (unpaired) electrons. The molecule has 0 fully saturated rings. The second-order valence-corrected chi connectivity index (χ2v) is 3.65. The topological polar surface area (TPSA) is 61.8 Å². The molecule has 0 saturated carbocycles. The lowest BCUT2D eigenvalue weighted by atomic mass is 10.2. The van der Waals surface area contributed by atoms with Crippen molar-refractivity contribution < 1.29 is 23.8 Å². The SMILES string of the molecule is CCOC(C=O)Oc1ccc(Cl)cc1C(=O)OC. The monoisotopic (exact) mass is 272 g/mol. The third kappa shape index (κ3) is 3.72. The molecule has 98 valence electrons. The van der Waals surface area contributed by atoms with Crippen molar-refractivity contribution in [3.8, 4) is 5.75 Å². The molecule has 0 bridgehead atoms. The summed E-state index contributed by atoms with van der Waals surface area (Å²) >= 11 is 5.79. The maximum atomic E-state index is 11.5. The number of hydrogen-bond acceptors (Lipinski definition) is 5. The van der Waals surface area contributed by atoms with E-state index in [0.29, 0.717) is 17.9 Å². The van der Waals surface area contributed by atoms with Gasteiger partial charge in [-0.2, -0.15) is 0 Å². The van der Waals surface area contributed by atoms with Crippen LogP contribution in [0.15, 0.2) is 18.2 Å². The molecular formula is C12H13ClO5. The average molecular weight is 273 g/mol. The van der Waals surface area contributed by atoms with Gasteiger partial charge < -0.3 is 14.2 Å². The maximum absolute atomic E-state index is 11.5. The fourth-order valence-electron chi connectivity index (χ4n) is 1.26. The average Bonchev–Trinajstić information content (AvgIpc) is 2.39. The normalized spacial score (nSPS) is 11.7. The van der Waals surface area contributed by atoms with E-state index in [1.165, 1.54) is 25.3 Å². The lowest BCUT2D eigenvalue weighted by Gasteiger charge is -2.15. The van der Waals surface area contributed by atoms with Crippen LogP contribution in [0.4, 0.5) is 0 Å². The Morgan fingerprint density at radius 1 is 1.50 bits per heavy atom. The van der Waals surface area contributed by atoms with Gasteiger partial charge >= 0.3 is 5.97 Å². The number of methoxy groups -OCH3 is 1. The molecule has 0 saturated heterocycles. The number of rotatable bonds is 6. The largest absolute Gasteiger partial charge is 0.465 e. The van der Waals surface area contributed by atoms with Crippen LogP contribution in [0.25, 0.3) is 0 Å². The fraction of sp³-hybridized carbons (Fsp3) is 0.333. The molecule has 1 aromatic rings.